The van der Waals surface area contributed by atoms with Crippen LogP contribution in [-0.2, 0) is 0 Å². The summed E-state index contributed by atoms with van der Waals surface area (Å²) in [7, 11) is 0. The molecular formula is C17H27FN2. The van der Waals surface area contributed by atoms with Crippen molar-refractivity contribution in [3.8, 4) is 0 Å². The Morgan fingerprint density at radius 3 is 2.55 bits per heavy atom. The maximum absolute atomic E-state index is 13.9. The summed E-state index contributed by atoms with van der Waals surface area (Å²) < 4.78 is 13.9. The summed E-state index contributed by atoms with van der Waals surface area (Å²) in [5, 5.41) is 3.72. The molecule has 0 aliphatic carbocycles. The van der Waals surface area contributed by atoms with Crippen LogP contribution in [0.1, 0.15) is 45.6 Å². The van der Waals surface area contributed by atoms with E-state index in [1.54, 1.807) is 6.07 Å². The van der Waals surface area contributed by atoms with Gasteiger partial charge in [-0.1, -0.05) is 26.8 Å². The quantitative estimate of drug-likeness (QED) is 0.899. The molecule has 0 bridgehead atoms. The average Bonchev–Trinajstić information content (AvgIpc) is 2.49. The van der Waals surface area contributed by atoms with Gasteiger partial charge in [-0.05, 0) is 43.9 Å². The number of nitrogens with one attached hydrogen (secondary N) is 1. The molecule has 2 nitrogen and oxygen atoms in total. The molecule has 1 atom stereocenters. The van der Waals surface area contributed by atoms with Gasteiger partial charge in [-0.3, -0.25) is 0 Å². The van der Waals surface area contributed by atoms with E-state index in [1.165, 1.54) is 0 Å². The Labute approximate surface area is 122 Å². The molecule has 2 rings (SSSR count). The van der Waals surface area contributed by atoms with Crippen molar-refractivity contribution in [3.05, 3.63) is 29.6 Å². The van der Waals surface area contributed by atoms with Crippen molar-refractivity contribution >= 4 is 5.69 Å². The molecule has 0 amide bonds. The minimum Gasteiger partial charge on any atom is -0.365 e. The van der Waals surface area contributed by atoms with Crippen LogP contribution >= 0.6 is 0 Å². The lowest BCUT2D eigenvalue weighted by atomic mass is 9.87. The third-order valence-corrected chi connectivity index (χ3v) is 4.94. The number of halogens is 1. The maximum atomic E-state index is 13.9. The SMILES string of the molecule is CCC1CNC(CC)(CC)CN1c1ccc(C)c(F)c1. The lowest BCUT2D eigenvalue weighted by Gasteiger charge is -2.48. The Bertz CT molecular complexity index is 454. The van der Waals surface area contributed by atoms with E-state index in [9.17, 15) is 4.39 Å². The molecule has 1 aliphatic heterocycles. The Balaban J connectivity index is 2.31. The van der Waals surface area contributed by atoms with Crippen LogP contribution in [-0.4, -0.2) is 24.7 Å². The summed E-state index contributed by atoms with van der Waals surface area (Å²) in [6.07, 6.45) is 3.28. The molecule has 0 aromatic heterocycles. The molecular weight excluding hydrogens is 251 g/mol. The van der Waals surface area contributed by atoms with Gasteiger partial charge in [0, 0.05) is 30.4 Å². The van der Waals surface area contributed by atoms with E-state index in [-0.39, 0.29) is 11.4 Å². The van der Waals surface area contributed by atoms with Crippen LogP contribution in [0.4, 0.5) is 10.1 Å². The van der Waals surface area contributed by atoms with Crippen molar-refractivity contribution in [2.45, 2.75) is 58.5 Å². The number of aryl methyl sites for hydroxylation is 1. The van der Waals surface area contributed by atoms with Gasteiger partial charge in [0.05, 0.1) is 0 Å². The number of hydrogen-bond donors (Lipinski definition) is 1. The van der Waals surface area contributed by atoms with Crippen LogP contribution in [0.3, 0.4) is 0 Å². The van der Waals surface area contributed by atoms with Crippen LogP contribution in [0.15, 0.2) is 18.2 Å². The standard InChI is InChI=1S/C17H27FN2/c1-5-14-11-19-17(6-2,7-3)12-20(14)15-9-8-13(4)16(18)10-15/h8-10,14,19H,5-7,11-12H2,1-4H3. The third kappa shape index (κ3) is 2.83. The first-order valence-corrected chi connectivity index (χ1v) is 7.83. The highest BCUT2D eigenvalue weighted by Crippen LogP contribution is 2.29. The van der Waals surface area contributed by atoms with Gasteiger partial charge >= 0.3 is 0 Å². The van der Waals surface area contributed by atoms with Gasteiger partial charge in [-0.2, -0.15) is 0 Å². The fourth-order valence-electron chi connectivity index (χ4n) is 3.11. The van der Waals surface area contributed by atoms with Crippen molar-refractivity contribution in [2.24, 2.45) is 0 Å². The van der Waals surface area contributed by atoms with Gasteiger partial charge in [0.2, 0.25) is 0 Å². The fourth-order valence-corrected chi connectivity index (χ4v) is 3.11. The van der Waals surface area contributed by atoms with E-state index < -0.39 is 0 Å². The second-order valence-electron chi connectivity index (χ2n) is 5.99. The highest BCUT2D eigenvalue weighted by Gasteiger charge is 2.36. The van der Waals surface area contributed by atoms with E-state index in [2.05, 4.69) is 37.1 Å². The summed E-state index contributed by atoms with van der Waals surface area (Å²) in [5.74, 6) is -0.102. The van der Waals surface area contributed by atoms with Crippen LogP contribution in [0.25, 0.3) is 0 Å². The maximum Gasteiger partial charge on any atom is 0.128 e. The highest BCUT2D eigenvalue weighted by atomic mass is 19.1. The minimum absolute atomic E-state index is 0.102. The highest BCUT2D eigenvalue weighted by molar-refractivity contribution is 5.50. The van der Waals surface area contributed by atoms with Gasteiger partial charge in [-0.25, -0.2) is 4.39 Å². The Kier molecular flexibility index (Phi) is 4.69. The minimum atomic E-state index is -0.102. The Morgan fingerprint density at radius 1 is 1.30 bits per heavy atom. The van der Waals surface area contributed by atoms with Gasteiger partial charge in [0.25, 0.3) is 0 Å². The van der Waals surface area contributed by atoms with E-state index >= 15 is 0 Å². The monoisotopic (exact) mass is 278 g/mol. The van der Waals surface area contributed by atoms with E-state index in [0.29, 0.717) is 11.6 Å². The predicted molar refractivity (Wildman–Crippen MR) is 83.9 cm³/mol. The molecule has 112 valence electrons. The Morgan fingerprint density at radius 2 is 2.00 bits per heavy atom. The third-order valence-electron chi connectivity index (χ3n) is 4.94. The number of hydrogen-bond acceptors (Lipinski definition) is 2. The molecule has 1 heterocycles. The molecule has 3 heteroatoms. The predicted octanol–water partition coefficient (Wildman–Crippen LogP) is 3.88. The smallest absolute Gasteiger partial charge is 0.128 e. The topological polar surface area (TPSA) is 15.3 Å². The van der Waals surface area contributed by atoms with Crippen LogP contribution in [0.2, 0.25) is 0 Å². The van der Waals surface area contributed by atoms with E-state index in [4.69, 9.17) is 0 Å². The number of anilines is 1. The molecule has 1 N–H and O–H groups in total. The first kappa shape index (κ1) is 15.3. The summed E-state index contributed by atoms with van der Waals surface area (Å²) in [4.78, 5) is 2.39. The molecule has 1 saturated heterocycles. The molecule has 20 heavy (non-hydrogen) atoms. The van der Waals surface area contributed by atoms with Crippen LogP contribution in [0, 0.1) is 12.7 Å². The molecule has 0 saturated carbocycles. The van der Waals surface area contributed by atoms with Crippen molar-refractivity contribution in [1.82, 2.24) is 5.32 Å². The zero-order valence-corrected chi connectivity index (χ0v) is 13.2. The lowest BCUT2D eigenvalue weighted by Crippen LogP contribution is -2.64. The molecule has 1 unspecified atom stereocenters. The summed E-state index contributed by atoms with van der Waals surface area (Å²) in [6, 6.07) is 6.09. The molecule has 1 aromatic rings. The Hall–Kier alpha value is -1.09. The molecule has 1 aromatic carbocycles. The fraction of sp³-hybridized carbons (Fsp3) is 0.647. The average molecular weight is 278 g/mol. The van der Waals surface area contributed by atoms with Gasteiger partial charge in [-0.15, -0.1) is 0 Å². The van der Waals surface area contributed by atoms with Gasteiger partial charge in [0.1, 0.15) is 5.82 Å². The van der Waals surface area contributed by atoms with Crippen molar-refractivity contribution in [2.75, 3.05) is 18.0 Å². The van der Waals surface area contributed by atoms with Crippen molar-refractivity contribution in [3.63, 3.8) is 0 Å². The first-order valence-electron chi connectivity index (χ1n) is 7.83. The van der Waals surface area contributed by atoms with Gasteiger partial charge in [0.15, 0.2) is 0 Å². The zero-order valence-electron chi connectivity index (χ0n) is 13.2. The second-order valence-corrected chi connectivity index (χ2v) is 5.99. The molecule has 0 radical (unpaired) electrons. The summed E-state index contributed by atoms with van der Waals surface area (Å²) in [5.41, 5.74) is 1.90. The largest absolute Gasteiger partial charge is 0.365 e. The van der Waals surface area contributed by atoms with Gasteiger partial charge < -0.3 is 10.2 Å². The number of benzene rings is 1. The van der Waals surface area contributed by atoms with E-state index in [0.717, 1.165) is 38.0 Å². The van der Waals surface area contributed by atoms with E-state index in [1.807, 2.05) is 13.0 Å². The summed E-state index contributed by atoms with van der Waals surface area (Å²) in [6.45, 7) is 10.4. The number of piperazine rings is 1. The zero-order chi connectivity index (χ0) is 14.8. The first-order chi connectivity index (χ1) is 9.55. The molecule has 1 aliphatic rings. The second kappa shape index (κ2) is 6.13. The molecule has 0 spiro atoms. The lowest BCUT2D eigenvalue weighted by molar-refractivity contribution is 0.246. The number of rotatable bonds is 4. The number of nitrogens with zero attached hydrogens (tertiary/aromatic N) is 1. The summed E-state index contributed by atoms with van der Waals surface area (Å²) >= 11 is 0. The molecule has 1 fully saturated rings. The normalized spacial score (nSPS) is 22.1. The van der Waals surface area contributed by atoms with Crippen LogP contribution < -0.4 is 10.2 Å². The van der Waals surface area contributed by atoms with Crippen molar-refractivity contribution < 1.29 is 4.39 Å². The van der Waals surface area contributed by atoms with Crippen LogP contribution in [0.5, 0.6) is 0 Å². The van der Waals surface area contributed by atoms with Crippen molar-refractivity contribution in [1.29, 1.82) is 0 Å².